The van der Waals surface area contributed by atoms with Crippen LogP contribution in [0.1, 0.15) is 23.0 Å². The number of nitrogens with one attached hydrogen (secondary N) is 1. The minimum atomic E-state index is -0.268. The van der Waals surface area contributed by atoms with Gasteiger partial charge < -0.3 is 15.8 Å². The van der Waals surface area contributed by atoms with Crippen molar-refractivity contribution in [3.63, 3.8) is 0 Å². The normalized spacial score (nSPS) is 12.0. The van der Waals surface area contributed by atoms with Crippen LogP contribution in [0.2, 0.25) is 0 Å². The standard InChI is InChI=1S/C15H20N4O2/c1-10(8-11-6-4-5-7-13(11)21-3)17-15(20)14-12(16)9-19(2)18-14/h4-7,9-10H,8,16H2,1-3H3,(H,17,20). The maximum absolute atomic E-state index is 12.1. The van der Waals surface area contributed by atoms with Crippen molar-refractivity contribution < 1.29 is 9.53 Å². The Kier molecular flexibility index (Phi) is 4.47. The molecule has 0 saturated carbocycles. The highest BCUT2D eigenvalue weighted by molar-refractivity contribution is 5.97. The van der Waals surface area contributed by atoms with E-state index < -0.39 is 0 Å². The number of para-hydroxylation sites is 1. The van der Waals surface area contributed by atoms with Gasteiger partial charge in [-0.1, -0.05) is 18.2 Å². The number of nitrogen functional groups attached to an aromatic ring is 1. The smallest absolute Gasteiger partial charge is 0.274 e. The van der Waals surface area contributed by atoms with Gasteiger partial charge in [-0.25, -0.2) is 0 Å². The molecule has 0 spiro atoms. The molecule has 1 atom stereocenters. The van der Waals surface area contributed by atoms with Crippen molar-refractivity contribution >= 4 is 11.6 Å². The summed E-state index contributed by atoms with van der Waals surface area (Å²) >= 11 is 0. The minimum absolute atomic E-state index is 0.0600. The molecule has 0 radical (unpaired) electrons. The van der Waals surface area contributed by atoms with Gasteiger partial charge in [-0.2, -0.15) is 5.10 Å². The van der Waals surface area contributed by atoms with E-state index in [1.54, 1.807) is 20.4 Å². The van der Waals surface area contributed by atoms with Crippen LogP contribution < -0.4 is 15.8 Å². The molecule has 1 unspecified atom stereocenters. The molecule has 6 heteroatoms. The number of ether oxygens (including phenoxy) is 1. The molecule has 0 aliphatic carbocycles. The predicted octanol–water partition coefficient (Wildman–Crippen LogP) is 1.37. The molecule has 112 valence electrons. The van der Waals surface area contributed by atoms with E-state index in [-0.39, 0.29) is 17.6 Å². The molecule has 1 aromatic heterocycles. The monoisotopic (exact) mass is 288 g/mol. The molecule has 1 amide bonds. The van der Waals surface area contributed by atoms with E-state index in [0.29, 0.717) is 12.1 Å². The van der Waals surface area contributed by atoms with Gasteiger partial charge in [-0.15, -0.1) is 0 Å². The fourth-order valence-electron chi connectivity index (χ4n) is 2.23. The van der Waals surface area contributed by atoms with Crippen molar-refractivity contribution in [2.45, 2.75) is 19.4 Å². The Morgan fingerprint density at radius 2 is 2.19 bits per heavy atom. The maximum atomic E-state index is 12.1. The molecule has 21 heavy (non-hydrogen) atoms. The van der Waals surface area contributed by atoms with Gasteiger partial charge in [0, 0.05) is 19.3 Å². The van der Waals surface area contributed by atoms with Crippen LogP contribution >= 0.6 is 0 Å². The average molecular weight is 288 g/mol. The summed E-state index contributed by atoms with van der Waals surface area (Å²) in [4.78, 5) is 12.1. The van der Waals surface area contributed by atoms with Crippen LogP contribution in [0, 0.1) is 0 Å². The Hall–Kier alpha value is -2.50. The molecule has 3 N–H and O–H groups in total. The first-order valence-electron chi connectivity index (χ1n) is 6.73. The number of benzene rings is 1. The van der Waals surface area contributed by atoms with E-state index in [4.69, 9.17) is 10.5 Å². The lowest BCUT2D eigenvalue weighted by Crippen LogP contribution is -2.34. The zero-order chi connectivity index (χ0) is 15.4. The molecule has 6 nitrogen and oxygen atoms in total. The summed E-state index contributed by atoms with van der Waals surface area (Å²) in [6.07, 6.45) is 2.28. The Morgan fingerprint density at radius 3 is 2.81 bits per heavy atom. The summed E-state index contributed by atoms with van der Waals surface area (Å²) in [5, 5.41) is 6.96. The van der Waals surface area contributed by atoms with Crippen molar-refractivity contribution in [2.24, 2.45) is 7.05 Å². The molecular weight excluding hydrogens is 268 g/mol. The number of nitrogens with two attached hydrogens (primary N) is 1. The van der Waals surface area contributed by atoms with E-state index >= 15 is 0 Å². The van der Waals surface area contributed by atoms with Gasteiger partial charge in [0.15, 0.2) is 5.69 Å². The third-order valence-electron chi connectivity index (χ3n) is 3.17. The number of carbonyl (C=O) groups is 1. The number of carbonyl (C=O) groups excluding carboxylic acids is 1. The van der Waals surface area contributed by atoms with Gasteiger partial charge in [0.25, 0.3) is 5.91 Å². The molecule has 0 saturated heterocycles. The number of rotatable bonds is 5. The molecule has 2 rings (SSSR count). The van der Waals surface area contributed by atoms with Crippen LogP contribution in [-0.4, -0.2) is 28.8 Å². The molecule has 1 heterocycles. The van der Waals surface area contributed by atoms with E-state index in [2.05, 4.69) is 10.4 Å². The van der Waals surface area contributed by atoms with Crippen molar-refractivity contribution in [2.75, 3.05) is 12.8 Å². The molecule has 0 aliphatic rings. The second-order valence-electron chi connectivity index (χ2n) is 5.00. The molecule has 0 aliphatic heterocycles. The van der Waals surface area contributed by atoms with E-state index in [1.807, 2.05) is 31.2 Å². The maximum Gasteiger partial charge on any atom is 0.274 e. The summed E-state index contributed by atoms with van der Waals surface area (Å²) in [6.45, 7) is 1.93. The Labute approximate surface area is 123 Å². The highest BCUT2D eigenvalue weighted by Gasteiger charge is 2.17. The highest BCUT2D eigenvalue weighted by atomic mass is 16.5. The largest absolute Gasteiger partial charge is 0.496 e. The molecule has 0 fully saturated rings. The second-order valence-corrected chi connectivity index (χ2v) is 5.00. The third-order valence-corrected chi connectivity index (χ3v) is 3.17. The van der Waals surface area contributed by atoms with Crippen LogP contribution in [0.3, 0.4) is 0 Å². The fraction of sp³-hybridized carbons (Fsp3) is 0.333. The number of nitrogens with zero attached hydrogens (tertiary/aromatic N) is 2. The molecular formula is C15H20N4O2. The SMILES string of the molecule is COc1ccccc1CC(C)NC(=O)c1nn(C)cc1N. The highest BCUT2D eigenvalue weighted by Crippen LogP contribution is 2.19. The van der Waals surface area contributed by atoms with Gasteiger partial charge in [-0.3, -0.25) is 9.48 Å². The number of aromatic nitrogens is 2. The van der Waals surface area contributed by atoms with Crippen molar-refractivity contribution in [1.29, 1.82) is 0 Å². The van der Waals surface area contributed by atoms with Gasteiger partial charge in [0.05, 0.1) is 12.8 Å². The van der Waals surface area contributed by atoms with Gasteiger partial charge in [0.1, 0.15) is 5.75 Å². The fourth-order valence-corrected chi connectivity index (χ4v) is 2.23. The zero-order valence-corrected chi connectivity index (χ0v) is 12.5. The average Bonchev–Trinajstić information content (AvgIpc) is 2.78. The predicted molar refractivity (Wildman–Crippen MR) is 81.2 cm³/mol. The number of amides is 1. The first-order valence-corrected chi connectivity index (χ1v) is 6.73. The molecule has 0 bridgehead atoms. The van der Waals surface area contributed by atoms with Crippen LogP contribution in [-0.2, 0) is 13.5 Å². The second kappa shape index (κ2) is 6.30. The first-order chi connectivity index (χ1) is 10.0. The summed E-state index contributed by atoms with van der Waals surface area (Å²) in [6, 6.07) is 7.69. The Bertz CT molecular complexity index is 636. The summed E-state index contributed by atoms with van der Waals surface area (Å²) in [5.74, 6) is 0.548. The van der Waals surface area contributed by atoms with Crippen LogP contribution in [0.25, 0.3) is 0 Å². The van der Waals surface area contributed by atoms with Crippen molar-refractivity contribution in [1.82, 2.24) is 15.1 Å². The lowest BCUT2D eigenvalue weighted by Gasteiger charge is -2.15. The van der Waals surface area contributed by atoms with Crippen LogP contribution in [0.15, 0.2) is 30.5 Å². The van der Waals surface area contributed by atoms with Gasteiger partial charge in [0.2, 0.25) is 0 Å². The Balaban J connectivity index is 2.03. The van der Waals surface area contributed by atoms with E-state index in [0.717, 1.165) is 11.3 Å². The van der Waals surface area contributed by atoms with Crippen molar-refractivity contribution in [3.8, 4) is 5.75 Å². The first kappa shape index (κ1) is 14.9. The quantitative estimate of drug-likeness (QED) is 0.870. The summed E-state index contributed by atoms with van der Waals surface area (Å²) in [7, 11) is 3.36. The van der Waals surface area contributed by atoms with Crippen LogP contribution in [0.4, 0.5) is 5.69 Å². The van der Waals surface area contributed by atoms with Gasteiger partial charge in [-0.05, 0) is 25.0 Å². The van der Waals surface area contributed by atoms with Crippen molar-refractivity contribution in [3.05, 3.63) is 41.7 Å². The lowest BCUT2D eigenvalue weighted by atomic mass is 10.1. The molecule has 1 aromatic carbocycles. The zero-order valence-electron chi connectivity index (χ0n) is 12.5. The van der Waals surface area contributed by atoms with Crippen LogP contribution in [0.5, 0.6) is 5.75 Å². The number of anilines is 1. The molecule has 2 aromatic rings. The number of methoxy groups -OCH3 is 1. The minimum Gasteiger partial charge on any atom is -0.496 e. The number of hydrogen-bond donors (Lipinski definition) is 2. The topological polar surface area (TPSA) is 82.2 Å². The third kappa shape index (κ3) is 3.53. The lowest BCUT2D eigenvalue weighted by molar-refractivity contribution is 0.0935. The van der Waals surface area contributed by atoms with E-state index in [9.17, 15) is 4.79 Å². The number of hydrogen-bond acceptors (Lipinski definition) is 4. The summed E-state index contributed by atoms with van der Waals surface area (Å²) in [5.41, 5.74) is 7.42. The summed E-state index contributed by atoms with van der Waals surface area (Å²) < 4.78 is 6.83. The van der Waals surface area contributed by atoms with Gasteiger partial charge >= 0.3 is 0 Å². The number of aryl methyl sites for hydroxylation is 1. The van der Waals surface area contributed by atoms with E-state index in [1.165, 1.54) is 4.68 Å². The Morgan fingerprint density at radius 1 is 1.48 bits per heavy atom.